The zero-order chi connectivity index (χ0) is 15.5. The fourth-order valence-electron chi connectivity index (χ4n) is 2.70. The molecule has 0 saturated carbocycles. The molecule has 5 heteroatoms. The third-order valence-corrected chi connectivity index (χ3v) is 4.16. The van der Waals surface area contributed by atoms with Gasteiger partial charge in [-0.1, -0.05) is 11.6 Å². The molecule has 0 atom stereocenters. The van der Waals surface area contributed by atoms with Crippen LogP contribution in [0, 0.1) is 18.3 Å². The quantitative estimate of drug-likeness (QED) is 0.854. The van der Waals surface area contributed by atoms with Crippen molar-refractivity contribution in [2.24, 2.45) is 0 Å². The lowest BCUT2D eigenvalue weighted by atomic mass is 10.2. The Morgan fingerprint density at radius 1 is 1.00 bits per heavy atom. The van der Waals surface area contributed by atoms with Crippen LogP contribution in [-0.4, -0.2) is 31.2 Å². The van der Waals surface area contributed by atoms with E-state index in [1.54, 1.807) is 0 Å². The molecule has 0 radical (unpaired) electrons. The van der Waals surface area contributed by atoms with Crippen molar-refractivity contribution in [3.05, 3.63) is 52.7 Å². The van der Waals surface area contributed by atoms with E-state index in [1.807, 2.05) is 43.3 Å². The molecule has 0 bridgehead atoms. The normalized spacial score (nSPS) is 14.8. The van der Waals surface area contributed by atoms with Crippen molar-refractivity contribution in [1.29, 1.82) is 5.26 Å². The molecule has 0 amide bonds. The zero-order valence-electron chi connectivity index (χ0n) is 12.5. The van der Waals surface area contributed by atoms with Gasteiger partial charge in [0.25, 0.3) is 0 Å². The lowest BCUT2D eigenvalue weighted by Crippen LogP contribution is -2.47. The zero-order valence-corrected chi connectivity index (χ0v) is 13.2. The summed E-state index contributed by atoms with van der Waals surface area (Å²) in [5.74, 6) is 0.804. The van der Waals surface area contributed by atoms with Crippen LogP contribution in [0.25, 0.3) is 0 Å². The van der Waals surface area contributed by atoms with Gasteiger partial charge in [0, 0.05) is 42.6 Å². The van der Waals surface area contributed by atoms with Gasteiger partial charge in [0.2, 0.25) is 0 Å². The monoisotopic (exact) mass is 312 g/mol. The molecule has 1 aliphatic rings. The van der Waals surface area contributed by atoms with Crippen molar-refractivity contribution in [3.63, 3.8) is 0 Å². The van der Waals surface area contributed by atoms with Gasteiger partial charge in [-0.05, 0) is 43.3 Å². The van der Waals surface area contributed by atoms with Gasteiger partial charge in [-0.3, -0.25) is 0 Å². The maximum Gasteiger partial charge on any atom is 0.146 e. The number of pyridine rings is 1. The van der Waals surface area contributed by atoms with E-state index in [9.17, 15) is 5.26 Å². The Labute approximate surface area is 135 Å². The largest absolute Gasteiger partial charge is 0.368 e. The summed E-state index contributed by atoms with van der Waals surface area (Å²) in [6.45, 7) is 5.47. The average molecular weight is 313 g/mol. The van der Waals surface area contributed by atoms with Crippen molar-refractivity contribution in [3.8, 4) is 6.07 Å². The molecule has 22 heavy (non-hydrogen) atoms. The molecule has 4 nitrogen and oxygen atoms in total. The Morgan fingerprint density at radius 3 is 2.27 bits per heavy atom. The van der Waals surface area contributed by atoms with Crippen LogP contribution in [0.4, 0.5) is 11.5 Å². The van der Waals surface area contributed by atoms with Crippen molar-refractivity contribution < 1.29 is 0 Å². The average Bonchev–Trinajstić information content (AvgIpc) is 2.56. The van der Waals surface area contributed by atoms with Crippen LogP contribution >= 0.6 is 11.6 Å². The number of halogens is 1. The second kappa shape index (κ2) is 6.25. The fourth-order valence-corrected chi connectivity index (χ4v) is 2.83. The second-order valence-electron chi connectivity index (χ2n) is 5.39. The van der Waals surface area contributed by atoms with E-state index in [0.29, 0.717) is 5.56 Å². The van der Waals surface area contributed by atoms with E-state index in [2.05, 4.69) is 20.9 Å². The van der Waals surface area contributed by atoms with Gasteiger partial charge in [0.05, 0.1) is 5.56 Å². The third-order valence-electron chi connectivity index (χ3n) is 3.91. The molecule has 0 unspecified atom stereocenters. The van der Waals surface area contributed by atoms with E-state index in [-0.39, 0.29) is 0 Å². The summed E-state index contributed by atoms with van der Waals surface area (Å²) in [6.07, 6.45) is 0. The summed E-state index contributed by atoms with van der Waals surface area (Å²) < 4.78 is 0. The number of hydrogen-bond acceptors (Lipinski definition) is 4. The van der Waals surface area contributed by atoms with Crippen molar-refractivity contribution in [2.75, 3.05) is 36.0 Å². The lowest BCUT2D eigenvalue weighted by molar-refractivity contribution is 0.646. The predicted octanol–water partition coefficient (Wildman–Crippen LogP) is 3.24. The Balaban J connectivity index is 1.73. The van der Waals surface area contributed by atoms with Gasteiger partial charge >= 0.3 is 0 Å². The van der Waals surface area contributed by atoms with Crippen molar-refractivity contribution >= 4 is 23.1 Å². The predicted molar refractivity (Wildman–Crippen MR) is 89.6 cm³/mol. The highest BCUT2D eigenvalue weighted by Gasteiger charge is 2.20. The molecule has 0 aliphatic carbocycles. The third kappa shape index (κ3) is 3.00. The number of rotatable bonds is 2. The molecular formula is C17H17ClN4. The van der Waals surface area contributed by atoms with E-state index in [1.165, 1.54) is 5.69 Å². The van der Waals surface area contributed by atoms with Gasteiger partial charge in [-0.25, -0.2) is 4.98 Å². The number of anilines is 2. The molecule has 0 N–H and O–H groups in total. The molecule has 3 rings (SSSR count). The number of aryl methyl sites for hydroxylation is 1. The first-order valence-corrected chi connectivity index (χ1v) is 7.68. The van der Waals surface area contributed by atoms with Gasteiger partial charge in [0.15, 0.2) is 0 Å². The van der Waals surface area contributed by atoms with Crippen LogP contribution in [0.15, 0.2) is 36.4 Å². The summed E-state index contributed by atoms with van der Waals surface area (Å²) in [4.78, 5) is 9.06. The van der Waals surface area contributed by atoms with Gasteiger partial charge in [0.1, 0.15) is 11.9 Å². The minimum absolute atomic E-state index is 0.644. The standard InChI is InChI=1S/C17H17ClN4/c1-13-2-3-14(12-19)17(20-13)22-10-8-21(9-11-22)16-6-4-15(18)5-7-16/h2-7H,8-11H2,1H3. The summed E-state index contributed by atoms with van der Waals surface area (Å²) >= 11 is 5.94. The summed E-state index contributed by atoms with van der Waals surface area (Å²) in [5, 5.41) is 10.0. The van der Waals surface area contributed by atoms with Gasteiger partial charge in [-0.2, -0.15) is 5.26 Å². The number of benzene rings is 1. The van der Waals surface area contributed by atoms with E-state index in [0.717, 1.165) is 42.7 Å². The highest BCUT2D eigenvalue weighted by atomic mass is 35.5. The highest BCUT2D eigenvalue weighted by molar-refractivity contribution is 6.30. The number of piperazine rings is 1. The first-order valence-electron chi connectivity index (χ1n) is 7.30. The first-order chi connectivity index (χ1) is 10.7. The number of hydrogen-bond donors (Lipinski definition) is 0. The molecule has 1 aliphatic heterocycles. The summed E-state index contributed by atoms with van der Waals surface area (Å²) in [6, 6.07) is 13.9. The minimum atomic E-state index is 0.644. The SMILES string of the molecule is Cc1ccc(C#N)c(N2CCN(c3ccc(Cl)cc3)CC2)n1. The van der Waals surface area contributed by atoms with E-state index >= 15 is 0 Å². The molecule has 0 spiro atoms. The van der Waals surface area contributed by atoms with Gasteiger partial charge in [-0.15, -0.1) is 0 Å². The molecule has 2 aromatic rings. The van der Waals surface area contributed by atoms with Crippen LogP contribution in [0.3, 0.4) is 0 Å². The maximum atomic E-state index is 9.26. The number of aromatic nitrogens is 1. The Morgan fingerprint density at radius 2 is 1.64 bits per heavy atom. The first kappa shape index (κ1) is 14.7. The van der Waals surface area contributed by atoms with Crippen LogP contribution < -0.4 is 9.80 Å². The Kier molecular flexibility index (Phi) is 4.17. The fraction of sp³-hybridized carbons (Fsp3) is 0.294. The van der Waals surface area contributed by atoms with Crippen LogP contribution in [0.5, 0.6) is 0 Å². The molecule has 1 saturated heterocycles. The molecule has 2 heterocycles. The number of nitrogens with zero attached hydrogens (tertiary/aromatic N) is 4. The lowest BCUT2D eigenvalue weighted by Gasteiger charge is -2.37. The van der Waals surface area contributed by atoms with Crippen LogP contribution in [0.1, 0.15) is 11.3 Å². The smallest absolute Gasteiger partial charge is 0.146 e. The van der Waals surface area contributed by atoms with Crippen LogP contribution in [0.2, 0.25) is 5.02 Å². The molecule has 1 aromatic carbocycles. The van der Waals surface area contributed by atoms with E-state index in [4.69, 9.17) is 11.6 Å². The maximum absolute atomic E-state index is 9.26. The Bertz CT molecular complexity index is 698. The molecular weight excluding hydrogens is 296 g/mol. The topological polar surface area (TPSA) is 43.2 Å². The van der Waals surface area contributed by atoms with Crippen molar-refractivity contribution in [2.45, 2.75) is 6.92 Å². The second-order valence-corrected chi connectivity index (χ2v) is 5.82. The highest BCUT2D eigenvalue weighted by Crippen LogP contribution is 2.23. The van der Waals surface area contributed by atoms with Crippen LogP contribution in [-0.2, 0) is 0 Å². The Hall–Kier alpha value is -2.25. The number of nitriles is 1. The van der Waals surface area contributed by atoms with E-state index < -0.39 is 0 Å². The molecule has 112 valence electrons. The summed E-state index contributed by atoms with van der Waals surface area (Å²) in [5.41, 5.74) is 2.77. The minimum Gasteiger partial charge on any atom is -0.368 e. The molecule has 1 fully saturated rings. The van der Waals surface area contributed by atoms with Crippen molar-refractivity contribution in [1.82, 2.24) is 4.98 Å². The summed E-state index contributed by atoms with van der Waals surface area (Å²) in [7, 11) is 0. The molecule has 1 aromatic heterocycles. The van der Waals surface area contributed by atoms with Gasteiger partial charge < -0.3 is 9.80 Å².